The second-order valence-electron chi connectivity index (χ2n) is 3.48. The van der Waals surface area contributed by atoms with Crippen molar-refractivity contribution in [2.75, 3.05) is 0 Å². The monoisotopic (exact) mass is 210 g/mol. The second-order valence-corrected chi connectivity index (χ2v) is 4.47. The Morgan fingerprint density at radius 1 is 1.64 bits per heavy atom. The molecule has 0 radical (unpaired) electrons. The summed E-state index contributed by atoms with van der Waals surface area (Å²) in [5, 5.41) is 5.28. The van der Waals surface area contributed by atoms with Crippen LogP contribution in [0, 0.1) is 0 Å². The molecule has 0 fully saturated rings. The predicted octanol–water partition coefficient (Wildman–Crippen LogP) is 1.99. The zero-order chi connectivity index (χ0) is 10.1. The van der Waals surface area contributed by atoms with E-state index in [1.807, 2.05) is 18.5 Å². The average molecular weight is 210 g/mol. The minimum Gasteiger partial charge on any atom is -0.359 e. The van der Waals surface area contributed by atoms with E-state index in [1.165, 1.54) is 0 Å². The van der Waals surface area contributed by atoms with Crippen molar-refractivity contribution >= 4 is 17.7 Å². The SMILES string of the molecule is CCCC1=C(C)NC2SC=CN2C1=O. The Morgan fingerprint density at radius 3 is 3.14 bits per heavy atom. The van der Waals surface area contributed by atoms with Gasteiger partial charge in [-0.15, -0.1) is 0 Å². The van der Waals surface area contributed by atoms with Crippen LogP contribution in [0.3, 0.4) is 0 Å². The Hall–Kier alpha value is -0.900. The van der Waals surface area contributed by atoms with Crippen LogP contribution < -0.4 is 5.32 Å². The Bertz CT molecular complexity index is 322. The van der Waals surface area contributed by atoms with E-state index in [2.05, 4.69) is 12.2 Å². The molecule has 1 N–H and O–H groups in total. The Kier molecular flexibility index (Phi) is 2.54. The number of rotatable bonds is 2. The Balaban J connectivity index is 2.26. The van der Waals surface area contributed by atoms with E-state index in [0.717, 1.165) is 24.1 Å². The van der Waals surface area contributed by atoms with Crippen molar-refractivity contribution in [3.63, 3.8) is 0 Å². The lowest BCUT2D eigenvalue weighted by atomic mass is 10.1. The van der Waals surface area contributed by atoms with Crippen molar-refractivity contribution in [1.82, 2.24) is 10.2 Å². The molecule has 1 unspecified atom stereocenters. The van der Waals surface area contributed by atoms with E-state index in [4.69, 9.17) is 0 Å². The van der Waals surface area contributed by atoms with Crippen LogP contribution >= 0.6 is 11.8 Å². The van der Waals surface area contributed by atoms with Crippen molar-refractivity contribution < 1.29 is 4.79 Å². The van der Waals surface area contributed by atoms with Crippen LogP contribution in [-0.4, -0.2) is 16.3 Å². The summed E-state index contributed by atoms with van der Waals surface area (Å²) in [6.07, 6.45) is 3.72. The zero-order valence-electron chi connectivity index (χ0n) is 8.41. The van der Waals surface area contributed by atoms with Gasteiger partial charge in [0.15, 0.2) is 5.50 Å². The number of hydrogen-bond acceptors (Lipinski definition) is 3. The van der Waals surface area contributed by atoms with Crippen molar-refractivity contribution in [2.24, 2.45) is 0 Å². The molecule has 0 bridgehead atoms. The molecule has 0 aromatic rings. The first-order valence-electron chi connectivity index (χ1n) is 4.85. The molecule has 76 valence electrons. The van der Waals surface area contributed by atoms with E-state index in [-0.39, 0.29) is 11.4 Å². The second kappa shape index (κ2) is 3.69. The minimum absolute atomic E-state index is 0.0862. The topological polar surface area (TPSA) is 32.3 Å². The molecule has 0 aromatic carbocycles. The lowest BCUT2D eigenvalue weighted by molar-refractivity contribution is -0.126. The number of carbonyl (C=O) groups excluding carboxylic acids is 1. The maximum Gasteiger partial charge on any atom is 0.257 e. The van der Waals surface area contributed by atoms with Crippen molar-refractivity contribution in [1.29, 1.82) is 0 Å². The van der Waals surface area contributed by atoms with Crippen LogP contribution in [0.2, 0.25) is 0 Å². The highest BCUT2D eigenvalue weighted by Crippen LogP contribution is 2.30. The van der Waals surface area contributed by atoms with Gasteiger partial charge >= 0.3 is 0 Å². The number of nitrogens with zero attached hydrogens (tertiary/aromatic N) is 1. The molecular formula is C10H14N2OS. The first-order valence-corrected chi connectivity index (χ1v) is 5.79. The third kappa shape index (κ3) is 1.43. The van der Waals surface area contributed by atoms with Gasteiger partial charge in [-0.25, -0.2) is 0 Å². The third-order valence-electron chi connectivity index (χ3n) is 2.47. The molecule has 2 rings (SSSR count). The van der Waals surface area contributed by atoms with Crippen LogP contribution in [0.25, 0.3) is 0 Å². The van der Waals surface area contributed by atoms with Crippen LogP contribution in [0.15, 0.2) is 22.9 Å². The van der Waals surface area contributed by atoms with Crippen LogP contribution in [-0.2, 0) is 4.79 Å². The van der Waals surface area contributed by atoms with E-state index in [0.29, 0.717) is 0 Å². The molecule has 3 nitrogen and oxygen atoms in total. The molecule has 0 saturated carbocycles. The molecule has 1 atom stereocenters. The lowest BCUT2D eigenvalue weighted by Gasteiger charge is -2.32. The Labute approximate surface area is 88.2 Å². The fraction of sp³-hybridized carbons (Fsp3) is 0.500. The van der Waals surface area contributed by atoms with Gasteiger partial charge in [0, 0.05) is 17.5 Å². The van der Waals surface area contributed by atoms with E-state index >= 15 is 0 Å². The minimum atomic E-state index is 0.0862. The molecule has 0 aromatic heterocycles. The fourth-order valence-electron chi connectivity index (χ4n) is 1.73. The summed E-state index contributed by atoms with van der Waals surface area (Å²) in [5.41, 5.74) is 2.05. The van der Waals surface area contributed by atoms with Gasteiger partial charge in [-0.3, -0.25) is 9.69 Å². The van der Waals surface area contributed by atoms with Crippen molar-refractivity contribution in [3.05, 3.63) is 22.9 Å². The normalized spacial score (nSPS) is 25.4. The van der Waals surface area contributed by atoms with Crippen molar-refractivity contribution in [3.8, 4) is 0 Å². The van der Waals surface area contributed by atoms with Gasteiger partial charge in [0.1, 0.15) is 0 Å². The summed E-state index contributed by atoms with van der Waals surface area (Å²) in [5.74, 6) is 0.161. The van der Waals surface area contributed by atoms with Crippen LogP contribution in [0.5, 0.6) is 0 Å². The molecule has 0 spiro atoms. The third-order valence-corrected chi connectivity index (χ3v) is 3.35. The standard InChI is InChI=1S/C10H14N2OS/c1-3-4-8-7(2)11-10-12(9(8)13)5-6-14-10/h5-6,10-11H,3-4H2,1-2H3. The fourth-order valence-corrected chi connectivity index (χ4v) is 2.62. The smallest absolute Gasteiger partial charge is 0.257 e. The molecule has 0 aliphatic carbocycles. The summed E-state index contributed by atoms with van der Waals surface area (Å²) < 4.78 is 0. The van der Waals surface area contributed by atoms with E-state index in [9.17, 15) is 4.79 Å². The molecular weight excluding hydrogens is 196 g/mol. The molecule has 14 heavy (non-hydrogen) atoms. The van der Waals surface area contributed by atoms with Crippen LogP contribution in [0.1, 0.15) is 26.7 Å². The highest BCUT2D eigenvalue weighted by atomic mass is 32.2. The maximum absolute atomic E-state index is 12.0. The van der Waals surface area contributed by atoms with Crippen molar-refractivity contribution in [2.45, 2.75) is 32.2 Å². The molecule has 0 saturated heterocycles. The van der Waals surface area contributed by atoms with Gasteiger partial charge in [0.05, 0.1) is 0 Å². The summed E-state index contributed by atoms with van der Waals surface area (Å²) in [4.78, 5) is 13.7. The largest absolute Gasteiger partial charge is 0.359 e. The lowest BCUT2D eigenvalue weighted by Crippen LogP contribution is -2.46. The van der Waals surface area contributed by atoms with Gasteiger partial charge < -0.3 is 5.32 Å². The number of fused-ring (bicyclic) bond motifs is 1. The first-order chi connectivity index (χ1) is 6.74. The van der Waals surface area contributed by atoms with Gasteiger partial charge in [0.2, 0.25) is 0 Å². The molecule has 2 aliphatic rings. The summed E-state index contributed by atoms with van der Waals surface area (Å²) in [6, 6.07) is 0. The number of carbonyl (C=O) groups is 1. The quantitative estimate of drug-likeness (QED) is 0.756. The summed E-state index contributed by atoms with van der Waals surface area (Å²) >= 11 is 1.63. The first kappa shape index (κ1) is 9.65. The number of nitrogens with one attached hydrogen (secondary N) is 1. The molecule has 2 heterocycles. The number of allylic oxidation sites excluding steroid dienone is 1. The molecule has 4 heteroatoms. The van der Waals surface area contributed by atoms with E-state index < -0.39 is 0 Å². The zero-order valence-corrected chi connectivity index (χ0v) is 9.23. The predicted molar refractivity (Wildman–Crippen MR) is 58.1 cm³/mol. The summed E-state index contributed by atoms with van der Waals surface area (Å²) in [6.45, 7) is 4.08. The van der Waals surface area contributed by atoms with E-state index in [1.54, 1.807) is 16.7 Å². The summed E-state index contributed by atoms with van der Waals surface area (Å²) in [7, 11) is 0. The Morgan fingerprint density at radius 2 is 2.43 bits per heavy atom. The number of amides is 1. The molecule has 2 aliphatic heterocycles. The van der Waals surface area contributed by atoms with Crippen LogP contribution in [0.4, 0.5) is 0 Å². The maximum atomic E-state index is 12.0. The van der Waals surface area contributed by atoms with Gasteiger partial charge in [0.25, 0.3) is 5.91 Å². The highest BCUT2D eigenvalue weighted by Gasteiger charge is 2.32. The van der Waals surface area contributed by atoms with Gasteiger partial charge in [-0.05, 0) is 18.8 Å². The average Bonchev–Trinajstić information content (AvgIpc) is 2.60. The number of hydrogen-bond donors (Lipinski definition) is 1. The number of thioether (sulfide) groups is 1. The molecule has 1 amide bonds. The van der Waals surface area contributed by atoms with Gasteiger partial charge in [-0.2, -0.15) is 0 Å². The van der Waals surface area contributed by atoms with Gasteiger partial charge in [-0.1, -0.05) is 25.1 Å². The highest BCUT2D eigenvalue weighted by molar-refractivity contribution is 8.02.